The summed E-state index contributed by atoms with van der Waals surface area (Å²) in [7, 11) is -0.992. The Morgan fingerprint density at radius 1 is 1.35 bits per heavy atom. The molecular weight excluding hydrogens is 244 g/mol. The summed E-state index contributed by atoms with van der Waals surface area (Å²) in [6, 6.07) is -0.448. The molecule has 0 saturated heterocycles. The second kappa shape index (κ2) is 6.58. The zero-order valence-corrected chi connectivity index (χ0v) is 11.4. The Kier molecular flexibility index (Phi) is 6.15. The quantitative estimate of drug-likeness (QED) is 0.637. The molecule has 100 valence electrons. The van der Waals surface area contributed by atoms with E-state index in [2.05, 4.69) is 10.6 Å². The van der Waals surface area contributed by atoms with Crippen molar-refractivity contribution in [2.45, 2.75) is 26.0 Å². The number of hydrogen-bond donors (Lipinski definition) is 3. The van der Waals surface area contributed by atoms with Crippen molar-refractivity contribution < 1.29 is 18.9 Å². The molecule has 0 aromatic heterocycles. The predicted molar refractivity (Wildman–Crippen MR) is 66.3 cm³/mol. The fourth-order valence-corrected chi connectivity index (χ4v) is 1.11. The fourth-order valence-electron chi connectivity index (χ4n) is 0.793. The molecule has 0 aromatic rings. The Balaban J connectivity index is 3.97. The standard InChI is InChI=1S/C10H20N2O4S/c1-7(17(4)16)5-11-9(15)12-6-10(2,3)8(13)14/h7H,5-6H2,1-4H3,(H,13,14)(H2,11,12,15). The minimum Gasteiger partial charge on any atom is -0.481 e. The van der Waals surface area contributed by atoms with Crippen molar-refractivity contribution in [3.05, 3.63) is 0 Å². The number of carboxylic acid groups (broad SMARTS) is 1. The van der Waals surface area contributed by atoms with Gasteiger partial charge in [-0.1, -0.05) is 0 Å². The third-order valence-electron chi connectivity index (χ3n) is 2.39. The molecule has 0 fully saturated rings. The van der Waals surface area contributed by atoms with Crippen LogP contribution in [0.3, 0.4) is 0 Å². The van der Waals surface area contributed by atoms with Crippen molar-refractivity contribution in [1.82, 2.24) is 10.6 Å². The van der Waals surface area contributed by atoms with Crippen LogP contribution in [0.4, 0.5) is 4.79 Å². The van der Waals surface area contributed by atoms with Crippen molar-refractivity contribution in [3.8, 4) is 0 Å². The largest absolute Gasteiger partial charge is 0.481 e. The number of carbonyl (C=O) groups excluding carboxylic acids is 1. The molecule has 7 heteroatoms. The van der Waals surface area contributed by atoms with Gasteiger partial charge in [-0.05, 0) is 20.8 Å². The summed E-state index contributed by atoms with van der Waals surface area (Å²) in [6.07, 6.45) is 1.57. The van der Waals surface area contributed by atoms with E-state index in [9.17, 15) is 13.8 Å². The summed E-state index contributed by atoms with van der Waals surface area (Å²) >= 11 is 0. The van der Waals surface area contributed by atoms with Crippen molar-refractivity contribution in [2.24, 2.45) is 5.41 Å². The first-order valence-electron chi connectivity index (χ1n) is 5.24. The summed E-state index contributed by atoms with van der Waals surface area (Å²) in [4.78, 5) is 22.1. The fraction of sp³-hybridized carbons (Fsp3) is 0.800. The number of urea groups is 1. The summed E-state index contributed by atoms with van der Waals surface area (Å²) in [5, 5.41) is 13.7. The van der Waals surface area contributed by atoms with Crippen LogP contribution in [-0.2, 0) is 15.6 Å². The van der Waals surface area contributed by atoms with Gasteiger partial charge >= 0.3 is 12.0 Å². The first-order chi connectivity index (χ1) is 7.66. The van der Waals surface area contributed by atoms with E-state index in [1.807, 2.05) is 0 Å². The lowest BCUT2D eigenvalue weighted by Crippen LogP contribution is -2.45. The Morgan fingerprint density at radius 2 is 1.88 bits per heavy atom. The number of nitrogens with one attached hydrogen (secondary N) is 2. The first-order valence-corrected chi connectivity index (χ1v) is 6.86. The molecule has 0 bridgehead atoms. The summed E-state index contributed by atoms with van der Waals surface area (Å²) in [5.41, 5.74) is -1.00. The third-order valence-corrected chi connectivity index (χ3v) is 3.69. The second-order valence-corrected chi connectivity index (χ2v) is 6.36. The SMILES string of the molecule is CC(CNC(=O)NCC(C)(C)C(=O)O)S(C)=O. The highest BCUT2D eigenvalue weighted by atomic mass is 32.2. The molecular formula is C10H20N2O4S. The molecule has 6 nitrogen and oxygen atoms in total. The van der Waals surface area contributed by atoms with Crippen molar-refractivity contribution in [3.63, 3.8) is 0 Å². The van der Waals surface area contributed by atoms with Crippen molar-refractivity contribution >= 4 is 22.8 Å². The van der Waals surface area contributed by atoms with Crippen LogP contribution >= 0.6 is 0 Å². The van der Waals surface area contributed by atoms with Crippen LogP contribution in [0.5, 0.6) is 0 Å². The Bertz CT molecular complexity index is 317. The van der Waals surface area contributed by atoms with E-state index in [4.69, 9.17) is 5.11 Å². The van der Waals surface area contributed by atoms with Gasteiger partial charge in [0.15, 0.2) is 0 Å². The molecule has 0 rings (SSSR count). The van der Waals surface area contributed by atoms with Gasteiger partial charge in [0, 0.05) is 35.4 Å². The van der Waals surface area contributed by atoms with E-state index in [0.717, 1.165) is 0 Å². The summed E-state index contributed by atoms with van der Waals surface area (Å²) in [6.45, 7) is 5.15. The molecule has 0 heterocycles. The van der Waals surface area contributed by atoms with E-state index in [0.29, 0.717) is 6.54 Å². The Morgan fingerprint density at radius 3 is 2.29 bits per heavy atom. The molecule has 2 unspecified atom stereocenters. The molecule has 2 amide bonds. The second-order valence-electron chi connectivity index (χ2n) is 4.56. The normalized spacial score (nSPS) is 14.8. The van der Waals surface area contributed by atoms with Crippen LogP contribution in [-0.4, -0.2) is 45.9 Å². The van der Waals surface area contributed by atoms with E-state index in [-0.39, 0.29) is 11.8 Å². The van der Waals surface area contributed by atoms with Gasteiger partial charge in [-0.3, -0.25) is 9.00 Å². The maximum Gasteiger partial charge on any atom is 0.314 e. The van der Waals surface area contributed by atoms with E-state index < -0.39 is 28.2 Å². The number of amides is 2. The van der Waals surface area contributed by atoms with Crippen molar-refractivity contribution in [1.29, 1.82) is 0 Å². The lowest BCUT2D eigenvalue weighted by atomic mass is 9.94. The van der Waals surface area contributed by atoms with Crippen molar-refractivity contribution in [2.75, 3.05) is 19.3 Å². The highest BCUT2D eigenvalue weighted by molar-refractivity contribution is 7.84. The molecule has 0 saturated carbocycles. The number of aliphatic carboxylic acids is 1. The molecule has 17 heavy (non-hydrogen) atoms. The monoisotopic (exact) mass is 264 g/mol. The van der Waals surface area contributed by atoms with Crippen LogP contribution in [0.2, 0.25) is 0 Å². The average molecular weight is 264 g/mol. The number of hydrogen-bond acceptors (Lipinski definition) is 3. The van der Waals surface area contributed by atoms with Gasteiger partial charge in [0.05, 0.1) is 5.41 Å². The molecule has 2 atom stereocenters. The Labute approximate surface area is 104 Å². The lowest BCUT2D eigenvalue weighted by molar-refractivity contribution is -0.146. The minimum atomic E-state index is -1.00. The topological polar surface area (TPSA) is 95.5 Å². The summed E-state index contributed by atoms with van der Waals surface area (Å²) in [5.74, 6) is -0.971. The van der Waals surface area contributed by atoms with Crippen LogP contribution in [0, 0.1) is 5.41 Å². The highest BCUT2D eigenvalue weighted by Gasteiger charge is 2.27. The van der Waals surface area contributed by atoms with Crippen LogP contribution in [0.25, 0.3) is 0 Å². The van der Waals surface area contributed by atoms with E-state index >= 15 is 0 Å². The molecule has 0 spiro atoms. The zero-order valence-electron chi connectivity index (χ0n) is 10.6. The number of rotatable bonds is 6. The maximum atomic E-state index is 11.3. The van der Waals surface area contributed by atoms with Crippen LogP contribution in [0.15, 0.2) is 0 Å². The Hall–Kier alpha value is -1.11. The lowest BCUT2D eigenvalue weighted by Gasteiger charge is -2.20. The highest BCUT2D eigenvalue weighted by Crippen LogP contribution is 2.12. The molecule has 0 aliphatic heterocycles. The average Bonchev–Trinajstić information content (AvgIpc) is 2.22. The molecule has 0 aliphatic rings. The van der Waals surface area contributed by atoms with Crippen LogP contribution < -0.4 is 10.6 Å². The number of carboxylic acids is 1. The molecule has 3 N–H and O–H groups in total. The molecule has 0 aliphatic carbocycles. The summed E-state index contributed by atoms with van der Waals surface area (Å²) < 4.78 is 11.0. The predicted octanol–water partition coefficient (Wildman–Crippen LogP) is 0.163. The van der Waals surface area contributed by atoms with Gasteiger partial charge in [-0.2, -0.15) is 0 Å². The van der Waals surface area contributed by atoms with Crippen LogP contribution in [0.1, 0.15) is 20.8 Å². The smallest absolute Gasteiger partial charge is 0.314 e. The van der Waals surface area contributed by atoms with Gasteiger partial charge in [-0.25, -0.2) is 4.79 Å². The zero-order chi connectivity index (χ0) is 13.6. The first kappa shape index (κ1) is 15.9. The van der Waals surface area contributed by atoms with Gasteiger partial charge in [0.25, 0.3) is 0 Å². The number of carbonyl (C=O) groups is 2. The maximum absolute atomic E-state index is 11.3. The van der Waals surface area contributed by atoms with E-state index in [1.165, 1.54) is 13.8 Å². The van der Waals surface area contributed by atoms with Gasteiger partial charge < -0.3 is 15.7 Å². The minimum absolute atomic E-state index is 0.0394. The van der Waals surface area contributed by atoms with E-state index in [1.54, 1.807) is 13.2 Å². The van der Waals surface area contributed by atoms with Gasteiger partial charge in [0.1, 0.15) is 0 Å². The third kappa shape index (κ3) is 6.25. The van der Waals surface area contributed by atoms with Gasteiger partial charge in [0.2, 0.25) is 0 Å². The molecule has 0 radical (unpaired) electrons. The van der Waals surface area contributed by atoms with Gasteiger partial charge in [-0.15, -0.1) is 0 Å². The molecule has 0 aromatic carbocycles.